The first-order chi connectivity index (χ1) is 10.6. The lowest BCUT2D eigenvalue weighted by atomic mass is 10.2. The number of carbonyl (C=O) groups excluding carboxylic acids is 1. The van der Waals surface area contributed by atoms with Gasteiger partial charge in [0.15, 0.2) is 0 Å². The van der Waals surface area contributed by atoms with Crippen LogP contribution in [0.5, 0.6) is 0 Å². The molecule has 1 aromatic carbocycles. The van der Waals surface area contributed by atoms with Crippen LogP contribution in [0.2, 0.25) is 0 Å². The van der Waals surface area contributed by atoms with E-state index in [9.17, 15) is 4.79 Å². The Morgan fingerprint density at radius 2 is 2.09 bits per heavy atom. The van der Waals surface area contributed by atoms with E-state index in [2.05, 4.69) is 10.3 Å². The summed E-state index contributed by atoms with van der Waals surface area (Å²) in [5.41, 5.74) is 7.93. The third-order valence-corrected chi connectivity index (χ3v) is 5.16. The van der Waals surface area contributed by atoms with Crippen molar-refractivity contribution < 1.29 is 4.79 Å². The van der Waals surface area contributed by atoms with Crippen LogP contribution in [0, 0.1) is 6.92 Å². The highest BCUT2D eigenvalue weighted by atomic mass is 35.5. The number of hydrogen-bond acceptors (Lipinski definition) is 5. The molecule has 2 aromatic rings. The van der Waals surface area contributed by atoms with Crippen LogP contribution in [0.25, 0.3) is 10.6 Å². The van der Waals surface area contributed by atoms with E-state index < -0.39 is 6.04 Å². The number of aromatic nitrogens is 1. The zero-order valence-corrected chi connectivity index (χ0v) is 15.7. The van der Waals surface area contributed by atoms with Gasteiger partial charge in [-0.15, -0.1) is 23.7 Å². The quantitative estimate of drug-likeness (QED) is 0.784. The van der Waals surface area contributed by atoms with Crippen molar-refractivity contribution in [3.63, 3.8) is 0 Å². The predicted octanol–water partition coefficient (Wildman–Crippen LogP) is 3.24. The predicted molar refractivity (Wildman–Crippen MR) is 102 cm³/mol. The van der Waals surface area contributed by atoms with Crippen LogP contribution in [-0.4, -0.2) is 28.9 Å². The van der Waals surface area contributed by atoms with Gasteiger partial charge in [0.05, 0.1) is 18.3 Å². The van der Waals surface area contributed by atoms with Crippen molar-refractivity contribution in [1.29, 1.82) is 0 Å². The number of hydrogen-bond donors (Lipinski definition) is 2. The van der Waals surface area contributed by atoms with E-state index in [0.717, 1.165) is 26.9 Å². The topological polar surface area (TPSA) is 68.0 Å². The molecular weight excluding hydrogens is 350 g/mol. The Balaban J connectivity index is 0.00000264. The normalized spacial score (nSPS) is 11.6. The summed E-state index contributed by atoms with van der Waals surface area (Å²) in [5, 5.41) is 3.89. The number of nitrogens with two attached hydrogens (primary N) is 1. The molecule has 0 fully saturated rings. The fourth-order valence-electron chi connectivity index (χ4n) is 1.97. The van der Waals surface area contributed by atoms with Crippen LogP contribution in [0.15, 0.2) is 30.3 Å². The first-order valence-corrected chi connectivity index (χ1v) is 9.36. The van der Waals surface area contributed by atoms with E-state index in [1.807, 2.05) is 43.5 Å². The number of nitrogens with one attached hydrogen (secondary N) is 1. The van der Waals surface area contributed by atoms with Crippen LogP contribution >= 0.6 is 35.5 Å². The lowest BCUT2D eigenvalue weighted by molar-refractivity contribution is -0.122. The highest BCUT2D eigenvalue weighted by Crippen LogP contribution is 2.27. The fourth-order valence-corrected chi connectivity index (χ4v) is 3.47. The molecule has 0 aliphatic carbocycles. The number of halogens is 1. The van der Waals surface area contributed by atoms with E-state index in [0.29, 0.717) is 13.0 Å². The molecule has 0 aliphatic heterocycles. The van der Waals surface area contributed by atoms with Crippen LogP contribution in [-0.2, 0) is 11.3 Å². The van der Waals surface area contributed by atoms with Gasteiger partial charge in [-0.3, -0.25) is 4.79 Å². The van der Waals surface area contributed by atoms with Crippen molar-refractivity contribution in [2.75, 3.05) is 12.0 Å². The molecule has 1 aromatic heterocycles. The van der Waals surface area contributed by atoms with E-state index in [1.165, 1.54) is 0 Å². The van der Waals surface area contributed by atoms with Crippen molar-refractivity contribution in [1.82, 2.24) is 10.3 Å². The molecule has 0 bridgehead atoms. The first kappa shape index (κ1) is 20.0. The number of aryl methyl sites for hydroxylation is 1. The van der Waals surface area contributed by atoms with Gasteiger partial charge in [0.25, 0.3) is 0 Å². The van der Waals surface area contributed by atoms with E-state index in [1.54, 1.807) is 23.1 Å². The summed E-state index contributed by atoms with van der Waals surface area (Å²) in [4.78, 5) is 17.6. The van der Waals surface area contributed by atoms with Crippen molar-refractivity contribution in [2.45, 2.75) is 25.9 Å². The second-order valence-corrected chi connectivity index (χ2v) is 7.07. The van der Waals surface area contributed by atoms with E-state index in [-0.39, 0.29) is 18.3 Å². The lowest BCUT2D eigenvalue weighted by Gasteiger charge is -2.10. The van der Waals surface area contributed by atoms with Gasteiger partial charge in [-0.2, -0.15) is 11.8 Å². The Labute approximate surface area is 151 Å². The molecule has 23 heavy (non-hydrogen) atoms. The lowest BCUT2D eigenvalue weighted by Crippen LogP contribution is -2.40. The Morgan fingerprint density at radius 3 is 2.74 bits per heavy atom. The van der Waals surface area contributed by atoms with Crippen LogP contribution in [0.3, 0.4) is 0 Å². The van der Waals surface area contributed by atoms with Crippen molar-refractivity contribution in [2.24, 2.45) is 5.73 Å². The third kappa shape index (κ3) is 5.80. The maximum Gasteiger partial charge on any atom is 0.237 e. The van der Waals surface area contributed by atoms with Gasteiger partial charge in [-0.1, -0.05) is 30.3 Å². The zero-order chi connectivity index (χ0) is 15.9. The van der Waals surface area contributed by atoms with E-state index >= 15 is 0 Å². The number of benzene rings is 1. The Kier molecular flexibility index (Phi) is 8.62. The molecule has 0 unspecified atom stereocenters. The molecule has 3 N–H and O–H groups in total. The molecular formula is C16H22ClN3OS2. The van der Waals surface area contributed by atoms with Gasteiger partial charge in [0, 0.05) is 10.4 Å². The summed E-state index contributed by atoms with van der Waals surface area (Å²) in [7, 11) is 0. The monoisotopic (exact) mass is 371 g/mol. The average Bonchev–Trinajstić information content (AvgIpc) is 2.92. The molecule has 7 heteroatoms. The molecule has 0 aliphatic rings. The second kappa shape index (κ2) is 9.93. The second-order valence-electron chi connectivity index (χ2n) is 5.00. The molecule has 4 nitrogen and oxygen atoms in total. The Bertz CT molecular complexity index is 619. The molecule has 126 valence electrons. The number of thioether (sulfide) groups is 1. The van der Waals surface area contributed by atoms with Gasteiger partial charge >= 0.3 is 0 Å². The molecule has 2 rings (SSSR count). The first-order valence-electron chi connectivity index (χ1n) is 7.15. The highest BCUT2D eigenvalue weighted by molar-refractivity contribution is 7.98. The highest BCUT2D eigenvalue weighted by Gasteiger charge is 2.14. The molecule has 0 radical (unpaired) electrons. The number of rotatable bonds is 7. The summed E-state index contributed by atoms with van der Waals surface area (Å²) < 4.78 is 0. The summed E-state index contributed by atoms with van der Waals surface area (Å²) in [5.74, 6) is 0.801. The molecule has 1 heterocycles. The van der Waals surface area contributed by atoms with Gasteiger partial charge in [0.1, 0.15) is 5.01 Å². The number of nitrogens with zero attached hydrogens (tertiary/aromatic N) is 1. The minimum Gasteiger partial charge on any atom is -0.350 e. The largest absolute Gasteiger partial charge is 0.350 e. The molecule has 0 spiro atoms. The van der Waals surface area contributed by atoms with Gasteiger partial charge in [-0.05, 0) is 25.4 Å². The van der Waals surface area contributed by atoms with Gasteiger partial charge in [-0.25, -0.2) is 4.98 Å². The minimum absolute atomic E-state index is 0. The van der Waals surface area contributed by atoms with Crippen LogP contribution in [0.4, 0.5) is 0 Å². The van der Waals surface area contributed by atoms with Crippen LogP contribution < -0.4 is 11.1 Å². The third-order valence-electron chi connectivity index (χ3n) is 3.31. The Hall–Kier alpha value is -1.08. The number of amides is 1. The standard InChI is InChI=1S/C16H21N3OS2.ClH/c1-11-14(10-18-15(20)13(17)8-9-21-2)22-16(19-11)12-6-4-3-5-7-12;/h3-7,13H,8-10,17H2,1-2H3,(H,18,20);1H/t13-;/m0./s1. The smallest absolute Gasteiger partial charge is 0.237 e. The Morgan fingerprint density at radius 1 is 1.39 bits per heavy atom. The molecule has 1 amide bonds. The van der Waals surface area contributed by atoms with E-state index in [4.69, 9.17) is 5.73 Å². The molecule has 0 saturated heterocycles. The summed E-state index contributed by atoms with van der Waals surface area (Å²) in [6, 6.07) is 9.63. The fraction of sp³-hybridized carbons (Fsp3) is 0.375. The summed E-state index contributed by atoms with van der Waals surface area (Å²) in [6.45, 7) is 2.46. The molecule has 0 saturated carbocycles. The van der Waals surface area contributed by atoms with Crippen LogP contribution in [0.1, 0.15) is 17.0 Å². The summed E-state index contributed by atoms with van der Waals surface area (Å²) >= 11 is 3.31. The van der Waals surface area contributed by atoms with Crippen molar-refractivity contribution in [3.8, 4) is 10.6 Å². The minimum atomic E-state index is -0.436. The average molecular weight is 372 g/mol. The zero-order valence-electron chi connectivity index (χ0n) is 13.2. The van der Waals surface area contributed by atoms with Crippen molar-refractivity contribution >= 4 is 41.4 Å². The summed E-state index contributed by atoms with van der Waals surface area (Å²) in [6.07, 6.45) is 2.71. The SMILES string of the molecule is CSCC[C@H](N)C(=O)NCc1sc(-c2ccccc2)nc1C.Cl. The van der Waals surface area contributed by atoms with Gasteiger partial charge in [0.2, 0.25) is 5.91 Å². The molecule has 1 atom stereocenters. The van der Waals surface area contributed by atoms with Crippen molar-refractivity contribution in [3.05, 3.63) is 40.9 Å². The number of carbonyl (C=O) groups is 1. The maximum atomic E-state index is 11.9. The van der Waals surface area contributed by atoms with Gasteiger partial charge < -0.3 is 11.1 Å². The maximum absolute atomic E-state index is 11.9. The number of thiazole rings is 1.